The summed E-state index contributed by atoms with van der Waals surface area (Å²) in [6.07, 6.45) is 5.34. The molecule has 0 fully saturated rings. The molecule has 11 heavy (non-hydrogen) atoms. The van der Waals surface area contributed by atoms with Crippen LogP contribution in [0.4, 0.5) is 0 Å². The summed E-state index contributed by atoms with van der Waals surface area (Å²) < 4.78 is 0. The lowest BCUT2D eigenvalue weighted by molar-refractivity contribution is 0.686. The molecule has 0 saturated heterocycles. The quantitative estimate of drug-likeness (QED) is 0.515. The van der Waals surface area contributed by atoms with Gasteiger partial charge in [0.1, 0.15) is 0 Å². The monoisotopic (exact) mass is 164 g/mol. The van der Waals surface area contributed by atoms with Crippen LogP contribution in [-0.4, -0.2) is 0 Å². The fourth-order valence-corrected chi connectivity index (χ4v) is 2.05. The summed E-state index contributed by atoms with van der Waals surface area (Å²) in [5, 5.41) is 1.32. The van der Waals surface area contributed by atoms with E-state index in [2.05, 4.69) is 27.4 Å². The van der Waals surface area contributed by atoms with Gasteiger partial charge in [-0.1, -0.05) is 18.2 Å². The van der Waals surface area contributed by atoms with Gasteiger partial charge in [0.15, 0.2) is 0 Å². The largest absolute Gasteiger partial charge is 0.106 e. The molecular weight excluding hydrogens is 151 g/mol. The van der Waals surface area contributed by atoms with E-state index in [1.54, 1.807) is 11.1 Å². The molecule has 0 N–H and O–H groups in total. The third-order valence-corrected chi connectivity index (χ3v) is 2.73. The van der Waals surface area contributed by atoms with E-state index in [0.29, 0.717) is 0 Å². The minimum Gasteiger partial charge on any atom is -0.106 e. The predicted molar refractivity (Wildman–Crippen MR) is 52.4 cm³/mol. The van der Waals surface area contributed by atoms with Crippen molar-refractivity contribution >= 4 is 14.5 Å². The average molecular weight is 164 g/mol. The summed E-state index contributed by atoms with van der Waals surface area (Å²) in [5.41, 5.74) is 3.14. The Morgan fingerprint density at radius 1 is 1.00 bits per heavy atom. The minimum absolute atomic E-state index is 1.29. The zero-order valence-corrected chi connectivity index (χ0v) is 7.79. The predicted octanol–water partition coefficient (Wildman–Crippen LogP) is 2.07. The highest BCUT2D eigenvalue weighted by atomic mass is 31.0. The summed E-state index contributed by atoms with van der Waals surface area (Å²) in [4.78, 5) is 0. The Morgan fingerprint density at radius 3 is 2.55 bits per heavy atom. The van der Waals surface area contributed by atoms with Crippen molar-refractivity contribution in [2.45, 2.75) is 25.7 Å². The van der Waals surface area contributed by atoms with Crippen LogP contribution in [0.2, 0.25) is 0 Å². The Morgan fingerprint density at radius 2 is 1.73 bits per heavy atom. The number of fused-ring (bicyclic) bond motifs is 1. The lowest BCUT2D eigenvalue weighted by atomic mass is 9.92. The molecule has 2 rings (SSSR count). The standard InChI is InChI=1S/C10H13P/c11-10-6-5-8-3-1-2-4-9(8)7-10/h5-7H,1-4,11H2. The van der Waals surface area contributed by atoms with Gasteiger partial charge in [-0.25, -0.2) is 0 Å². The van der Waals surface area contributed by atoms with E-state index < -0.39 is 0 Å². The maximum Gasteiger partial charge on any atom is -0.0276 e. The number of benzene rings is 1. The second-order valence-electron chi connectivity index (χ2n) is 3.24. The molecule has 58 valence electrons. The topological polar surface area (TPSA) is 0 Å². The van der Waals surface area contributed by atoms with Gasteiger partial charge in [-0.3, -0.25) is 0 Å². The van der Waals surface area contributed by atoms with Gasteiger partial charge in [-0.2, -0.15) is 0 Å². The molecule has 1 aliphatic carbocycles. The van der Waals surface area contributed by atoms with E-state index in [4.69, 9.17) is 0 Å². The first-order valence-corrected chi connectivity index (χ1v) is 4.81. The van der Waals surface area contributed by atoms with Crippen LogP contribution in [0, 0.1) is 0 Å². The molecule has 1 aliphatic rings. The summed E-state index contributed by atoms with van der Waals surface area (Å²) in [6.45, 7) is 0. The molecule has 1 aromatic rings. The van der Waals surface area contributed by atoms with Crippen molar-refractivity contribution < 1.29 is 0 Å². The second kappa shape index (κ2) is 2.95. The lowest BCUT2D eigenvalue weighted by Crippen LogP contribution is -2.05. The Balaban J connectivity index is 2.43. The fraction of sp³-hybridized carbons (Fsp3) is 0.400. The number of hydrogen-bond donors (Lipinski definition) is 0. The highest BCUT2D eigenvalue weighted by molar-refractivity contribution is 7.27. The van der Waals surface area contributed by atoms with Crippen LogP contribution in [0.25, 0.3) is 0 Å². The van der Waals surface area contributed by atoms with E-state index in [1.165, 1.54) is 31.0 Å². The third kappa shape index (κ3) is 1.46. The zero-order chi connectivity index (χ0) is 7.68. The molecule has 0 bridgehead atoms. The van der Waals surface area contributed by atoms with Crippen molar-refractivity contribution in [1.82, 2.24) is 0 Å². The molecule has 0 aromatic heterocycles. The molecule has 1 unspecified atom stereocenters. The molecule has 0 heterocycles. The summed E-state index contributed by atoms with van der Waals surface area (Å²) in [5.74, 6) is 0. The number of hydrogen-bond acceptors (Lipinski definition) is 0. The molecule has 0 radical (unpaired) electrons. The van der Waals surface area contributed by atoms with Crippen molar-refractivity contribution in [2.24, 2.45) is 0 Å². The first-order valence-electron chi connectivity index (χ1n) is 4.23. The number of aryl methyl sites for hydroxylation is 2. The van der Waals surface area contributed by atoms with E-state index in [1.807, 2.05) is 0 Å². The Hall–Kier alpha value is -0.350. The Bertz CT molecular complexity index is 266. The first-order chi connectivity index (χ1) is 5.36. The molecular formula is C10H13P. The van der Waals surface area contributed by atoms with Gasteiger partial charge in [-0.05, 0) is 42.1 Å². The fourth-order valence-electron chi connectivity index (χ4n) is 1.75. The normalized spacial score (nSPS) is 16.1. The van der Waals surface area contributed by atoms with Crippen molar-refractivity contribution in [2.75, 3.05) is 0 Å². The van der Waals surface area contributed by atoms with Crippen molar-refractivity contribution in [3.8, 4) is 0 Å². The van der Waals surface area contributed by atoms with Gasteiger partial charge >= 0.3 is 0 Å². The van der Waals surface area contributed by atoms with Gasteiger partial charge in [0.2, 0.25) is 0 Å². The van der Waals surface area contributed by atoms with Gasteiger partial charge < -0.3 is 0 Å². The molecule has 1 heteroatoms. The van der Waals surface area contributed by atoms with Crippen molar-refractivity contribution in [3.05, 3.63) is 29.3 Å². The van der Waals surface area contributed by atoms with Gasteiger partial charge in [0.05, 0.1) is 0 Å². The van der Waals surface area contributed by atoms with Crippen LogP contribution >= 0.6 is 9.24 Å². The van der Waals surface area contributed by atoms with Crippen molar-refractivity contribution in [1.29, 1.82) is 0 Å². The second-order valence-corrected chi connectivity index (χ2v) is 3.90. The molecule has 1 aromatic carbocycles. The maximum absolute atomic E-state index is 2.76. The van der Waals surface area contributed by atoms with Gasteiger partial charge in [-0.15, -0.1) is 9.24 Å². The SMILES string of the molecule is Pc1ccc2c(c1)CCCC2. The molecule has 0 aliphatic heterocycles. The van der Waals surface area contributed by atoms with Gasteiger partial charge in [0, 0.05) is 0 Å². The highest BCUT2D eigenvalue weighted by Crippen LogP contribution is 2.19. The van der Waals surface area contributed by atoms with Crippen LogP contribution in [0.1, 0.15) is 24.0 Å². The van der Waals surface area contributed by atoms with Crippen molar-refractivity contribution in [3.63, 3.8) is 0 Å². The minimum atomic E-state index is 1.29. The van der Waals surface area contributed by atoms with Crippen LogP contribution in [0.5, 0.6) is 0 Å². The first kappa shape index (κ1) is 7.31. The van der Waals surface area contributed by atoms with Crippen LogP contribution in [-0.2, 0) is 12.8 Å². The van der Waals surface area contributed by atoms with Crippen LogP contribution in [0.15, 0.2) is 18.2 Å². The zero-order valence-electron chi connectivity index (χ0n) is 6.64. The van der Waals surface area contributed by atoms with E-state index in [-0.39, 0.29) is 0 Å². The van der Waals surface area contributed by atoms with E-state index >= 15 is 0 Å². The summed E-state index contributed by atoms with van der Waals surface area (Å²) in [7, 11) is 2.76. The lowest BCUT2D eigenvalue weighted by Gasteiger charge is -2.15. The molecule has 0 saturated carbocycles. The molecule has 1 atom stereocenters. The average Bonchev–Trinajstić information content (AvgIpc) is 2.04. The van der Waals surface area contributed by atoms with E-state index in [0.717, 1.165) is 0 Å². The summed E-state index contributed by atoms with van der Waals surface area (Å²) in [6, 6.07) is 6.77. The smallest absolute Gasteiger partial charge is 0.0276 e. The maximum atomic E-state index is 2.76. The Labute approximate surface area is 70.2 Å². The number of rotatable bonds is 0. The van der Waals surface area contributed by atoms with E-state index in [9.17, 15) is 0 Å². The van der Waals surface area contributed by atoms with Crippen LogP contribution in [0.3, 0.4) is 0 Å². The molecule has 0 spiro atoms. The summed E-state index contributed by atoms with van der Waals surface area (Å²) >= 11 is 0. The molecule has 0 amide bonds. The molecule has 0 nitrogen and oxygen atoms in total. The van der Waals surface area contributed by atoms with Crippen LogP contribution < -0.4 is 5.30 Å². The highest BCUT2D eigenvalue weighted by Gasteiger charge is 2.07. The third-order valence-electron chi connectivity index (χ3n) is 2.37. The Kier molecular flexibility index (Phi) is 1.96. The van der Waals surface area contributed by atoms with Gasteiger partial charge in [0.25, 0.3) is 0 Å².